The molecule has 1 saturated heterocycles. The predicted molar refractivity (Wildman–Crippen MR) is 119 cm³/mol. The summed E-state index contributed by atoms with van der Waals surface area (Å²) in [7, 11) is -3.14. The third-order valence-electron chi connectivity index (χ3n) is 5.28. The highest BCUT2D eigenvalue weighted by Gasteiger charge is 2.34. The van der Waals surface area contributed by atoms with E-state index >= 15 is 0 Å². The molecule has 2 rings (SSSR count). The first-order chi connectivity index (χ1) is 15.1. The summed E-state index contributed by atoms with van der Waals surface area (Å²) >= 11 is 0. The Kier molecular flexibility index (Phi) is 9.06. The van der Waals surface area contributed by atoms with Gasteiger partial charge in [0, 0.05) is 18.2 Å². The molecule has 32 heavy (non-hydrogen) atoms. The van der Waals surface area contributed by atoms with Crippen LogP contribution in [0.1, 0.15) is 44.5 Å². The number of nitrogens with one attached hydrogen (secondary N) is 1. The Morgan fingerprint density at radius 3 is 2.31 bits per heavy atom. The van der Waals surface area contributed by atoms with Crippen LogP contribution in [-0.2, 0) is 24.2 Å². The van der Waals surface area contributed by atoms with Crippen LogP contribution >= 0.6 is 0 Å². The number of likely N-dealkylation sites (N-methyl/N-ethyl adjacent to an activating group) is 1. The van der Waals surface area contributed by atoms with Crippen molar-refractivity contribution in [1.29, 1.82) is 0 Å². The van der Waals surface area contributed by atoms with Crippen LogP contribution in [0, 0.1) is 5.92 Å². The van der Waals surface area contributed by atoms with Gasteiger partial charge in [-0.15, -0.1) is 0 Å². The lowest BCUT2D eigenvalue weighted by Crippen LogP contribution is -2.47. The fourth-order valence-corrected chi connectivity index (χ4v) is 5.29. The van der Waals surface area contributed by atoms with Crippen LogP contribution in [0.25, 0.3) is 0 Å². The van der Waals surface area contributed by atoms with E-state index in [0.717, 1.165) is 0 Å². The lowest BCUT2D eigenvalue weighted by molar-refractivity contribution is -0.155. The summed E-state index contributed by atoms with van der Waals surface area (Å²) in [4.78, 5) is 39.2. The number of hydrogen-bond acceptors (Lipinski definition) is 7. The molecular formula is C22H32N2O7S. The zero-order chi connectivity index (χ0) is 23.9. The molecule has 0 saturated carbocycles. The van der Waals surface area contributed by atoms with Gasteiger partial charge in [-0.1, -0.05) is 13.8 Å². The highest BCUT2D eigenvalue weighted by atomic mass is 32.2. The first-order valence-corrected chi connectivity index (χ1v) is 12.6. The van der Waals surface area contributed by atoms with Gasteiger partial charge in [-0.3, -0.25) is 9.59 Å². The molecule has 0 radical (unpaired) electrons. The van der Waals surface area contributed by atoms with Gasteiger partial charge in [-0.25, -0.2) is 13.2 Å². The van der Waals surface area contributed by atoms with E-state index in [1.165, 1.54) is 4.90 Å². The number of ether oxygens (including phenoxy) is 2. The average molecular weight is 469 g/mol. The van der Waals surface area contributed by atoms with E-state index in [-0.39, 0.29) is 17.4 Å². The summed E-state index contributed by atoms with van der Waals surface area (Å²) in [6.07, 6.45) is 0.378. The normalized spacial score (nSPS) is 18.1. The largest absolute Gasteiger partial charge is 0.494 e. The monoisotopic (exact) mass is 468 g/mol. The summed E-state index contributed by atoms with van der Waals surface area (Å²) in [5.41, 5.74) is 0.364. The van der Waals surface area contributed by atoms with Crippen molar-refractivity contribution in [2.75, 3.05) is 31.3 Å². The topological polar surface area (TPSA) is 119 Å². The van der Waals surface area contributed by atoms with Crippen LogP contribution in [0.2, 0.25) is 0 Å². The summed E-state index contributed by atoms with van der Waals surface area (Å²) < 4.78 is 34.0. The molecule has 1 aliphatic rings. The van der Waals surface area contributed by atoms with Crippen molar-refractivity contribution in [2.45, 2.75) is 46.2 Å². The van der Waals surface area contributed by atoms with Gasteiger partial charge in [0.25, 0.3) is 11.8 Å². The maximum atomic E-state index is 12.6. The summed E-state index contributed by atoms with van der Waals surface area (Å²) in [5.74, 6) is -1.28. The van der Waals surface area contributed by atoms with E-state index in [1.807, 2.05) is 6.92 Å². The lowest BCUT2D eigenvalue weighted by Gasteiger charge is -2.27. The van der Waals surface area contributed by atoms with Crippen LogP contribution in [0.5, 0.6) is 5.75 Å². The van der Waals surface area contributed by atoms with Gasteiger partial charge in [0.2, 0.25) is 0 Å². The molecule has 0 aliphatic carbocycles. The molecule has 1 heterocycles. The number of carbonyl (C=O) groups excluding carboxylic acids is 3. The molecule has 1 fully saturated rings. The van der Waals surface area contributed by atoms with Crippen molar-refractivity contribution in [3.63, 3.8) is 0 Å². The second kappa shape index (κ2) is 11.3. The molecule has 1 N–H and O–H groups in total. The van der Waals surface area contributed by atoms with Crippen molar-refractivity contribution < 1.29 is 32.3 Å². The van der Waals surface area contributed by atoms with Gasteiger partial charge in [0.15, 0.2) is 16.4 Å². The maximum Gasteiger partial charge on any atom is 0.329 e. The van der Waals surface area contributed by atoms with Crippen LogP contribution in [0.15, 0.2) is 24.3 Å². The number of amides is 2. The van der Waals surface area contributed by atoms with Gasteiger partial charge >= 0.3 is 5.97 Å². The second-order valence-electron chi connectivity index (χ2n) is 8.00. The van der Waals surface area contributed by atoms with Crippen LogP contribution in [0.3, 0.4) is 0 Å². The molecule has 1 aromatic rings. The predicted octanol–water partition coefficient (Wildman–Crippen LogP) is 1.42. The minimum atomic E-state index is -3.14. The van der Waals surface area contributed by atoms with E-state index in [0.29, 0.717) is 30.9 Å². The summed E-state index contributed by atoms with van der Waals surface area (Å²) in [5, 5.41) is 2.66. The molecule has 9 nitrogen and oxygen atoms in total. The van der Waals surface area contributed by atoms with Crippen molar-refractivity contribution in [1.82, 2.24) is 10.2 Å². The van der Waals surface area contributed by atoms with Gasteiger partial charge in [0.1, 0.15) is 11.8 Å². The molecule has 1 aromatic carbocycles. The highest BCUT2D eigenvalue weighted by Crippen LogP contribution is 2.18. The van der Waals surface area contributed by atoms with Gasteiger partial charge < -0.3 is 19.7 Å². The van der Waals surface area contributed by atoms with Gasteiger partial charge in [-0.2, -0.15) is 0 Å². The Morgan fingerprint density at radius 1 is 1.16 bits per heavy atom. The second-order valence-corrected chi connectivity index (χ2v) is 10.2. The zero-order valence-electron chi connectivity index (χ0n) is 19.0. The Labute approximate surface area is 189 Å². The van der Waals surface area contributed by atoms with E-state index in [2.05, 4.69) is 5.32 Å². The minimum Gasteiger partial charge on any atom is -0.494 e. The molecule has 1 unspecified atom stereocenters. The minimum absolute atomic E-state index is 0.0498. The first-order valence-electron chi connectivity index (χ1n) is 10.8. The highest BCUT2D eigenvalue weighted by molar-refractivity contribution is 7.91. The Bertz CT molecular complexity index is 913. The van der Waals surface area contributed by atoms with Crippen molar-refractivity contribution >= 4 is 27.6 Å². The summed E-state index contributed by atoms with van der Waals surface area (Å²) in [6, 6.07) is 5.19. The maximum absolute atomic E-state index is 12.6. The third-order valence-corrected chi connectivity index (χ3v) is 7.03. The molecule has 178 valence electrons. The molecule has 1 aliphatic heterocycles. The van der Waals surface area contributed by atoms with Crippen LogP contribution < -0.4 is 10.1 Å². The van der Waals surface area contributed by atoms with Crippen molar-refractivity contribution in [3.05, 3.63) is 29.8 Å². The van der Waals surface area contributed by atoms with Gasteiger partial charge in [-0.05, 0) is 50.5 Å². The fourth-order valence-electron chi connectivity index (χ4n) is 3.56. The number of carbonyl (C=O) groups is 3. The number of nitrogens with zero attached hydrogens (tertiary/aromatic N) is 1. The molecule has 0 spiro atoms. The van der Waals surface area contributed by atoms with Crippen molar-refractivity contribution in [3.8, 4) is 5.75 Å². The van der Waals surface area contributed by atoms with Crippen molar-refractivity contribution in [2.24, 2.45) is 5.92 Å². The average Bonchev–Trinajstić information content (AvgIpc) is 3.10. The number of sulfone groups is 1. The van der Waals surface area contributed by atoms with E-state index in [4.69, 9.17) is 9.47 Å². The summed E-state index contributed by atoms with van der Waals surface area (Å²) in [6.45, 7) is 7.45. The quantitative estimate of drug-likeness (QED) is 0.516. The molecular weight excluding hydrogens is 436 g/mol. The van der Waals surface area contributed by atoms with E-state index in [1.54, 1.807) is 45.0 Å². The fraction of sp³-hybridized carbons (Fsp3) is 0.591. The van der Waals surface area contributed by atoms with E-state index in [9.17, 15) is 22.8 Å². The van der Waals surface area contributed by atoms with Crippen LogP contribution in [0.4, 0.5) is 0 Å². The van der Waals surface area contributed by atoms with Crippen LogP contribution in [-0.4, -0.2) is 74.4 Å². The Morgan fingerprint density at radius 2 is 1.81 bits per heavy atom. The molecule has 2 atom stereocenters. The number of hydrogen-bond donors (Lipinski definition) is 1. The van der Waals surface area contributed by atoms with Gasteiger partial charge in [0.05, 0.1) is 18.1 Å². The van der Waals surface area contributed by atoms with E-state index < -0.39 is 46.3 Å². The molecule has 0 aromatic heterocycles. The zero-order valence-corrected chi connectivity index (χ0v) is 19.8. The molecule has 0 bridgehead atoms. The SMILES string of the molecule is CCOc1ccc(C(=O)N[C@H](C(=O)OCC(=O)N(CC)C2CCS(=O)(=O)C2)C(C)C)cc1. The Balaban J connectivity index is 1.96. The third kappa shape index (κ3) is 6.94. The standard InChI is InChI=1S/C22H32N2O7S/c1-5-24(17-11-12-32(28,29)14-17)19(25)13-31-22(27)20(15(3)4)23-21(26)16-7-9-18(10-8-16)30-6-2/h7-10,15,17,20H,5-6,11-14H2,1-4H3,(H,23,26)/t17?,20-/m0/s1. The first kappa shape index (κ1) is 25.6. The number of benzene rings is 1. The molecule has 10 heteroatoms. The smallest absolute Gasteiger partial charge is 0.329 e. The number of esters is 1. The Hall–Kier alpha value is -2.62. The molecule has 2 amide bonds. The lowest BCUT2D eigenvalue weighted by atomic mass is 10.0. The number of rotatable bonds is 10.